The highest BCUT2D eigenvalue weighted by atomic mass is 32.2. The van der Waals surface area contributed by atoms with Crippen LogP contribution >= 0.6 is 0 Å². The first-order valence-corrected chi connectivity index (χ1v) is 17.0. The van der Waals surface area contributed by atoms with Crippen molar-refractivity contribution in [2.75, 3.05) is 26.3 Å². The summed E-state index contributed by atoms with van der Waals surface area (Å²) in [6.45, 7) is 4.10. The average Bonchev–Trinajstić information content (AvgIpc) is 3.70. The number of nitrogens with one attached hydrogen (secondary N) is 1. The van der Waals surface area contributed by atoms with E-state index in [9.17, 15) is 13.2 Å². The quantitative estimate of drug-likeness (QED) is 0.273. The Balaban J connectivity index is 1.32. The Morgan fingerprint density at radius 3 is 2.45 bits per heavy atom. The van der Waals surface area contributed by atoms with Crippen LogP contribution in [0.5, 0.6) is 5.88 Å². The molecule has 0 unspecified atom stereocenters. The highest BCUT2D eigenvalue weighted by Gasteiger charge is 2.30. The summed E-state index contributed by atoms with van der Waals surface area (Å²) in [5, 5.41) is 5.73. The Morgan fingerprint density at radius 2 is 1.77 bits per heavy atom. The van der Waals surface area contributed by atoms with E-state index in [-0.39, 0.29) is 22.7 Å². The summed E-state index contributed by atoms with van der Waals surface area (Å²) in [5.41, 5.74) is 3.30. The van der Waals surface area contributed by atoms with Crippen LogP contribution in [0.1, 0.15) is 73.5 Å². The molecule has 0 bridgehead atoms. The molecule has 3 fully saturated rings. The van der Waals surface area contributed by atoms with Crippen LogP contribution in [0.4, 0.5) is 0 Å². The van der Waals surface area contributed by atoms with E-state index >= 15 is 0 Å². The number of morpholine rings is 1. The molecule has 4 heterocycles. The number of sulfonamides is 1. The van der Waals surface area contributed by atoms with Gasteiger partial charge in [0.25, 0.3) is 15.9 Å². The number of benzene rings is 1. The van der Waals surface area contributed by atoms with Crippen molar-refractivity contribution in [1.29, 1.82) is 0 Å². The first-order chi connectivity index (χ1) is 21.4. The number of fused-ring (bicyclic) bond motifs is 1. The molecule has 1 aliphatic heterocycles. The molecule has 3 aliphatic rings. The first kappa shape index (κ1) is 29.0. The van der Waals surface area contributed by atoms with Crippen LogP contribution in [0.15, 0.2) is 58.2 Å². The molecule has 44 heavy (non-hydrogen) atoms. The molecular weight excluding hydrogens is 582 g/mol. The number of furan rings is 1. The van der Waals surface area contributed by atoms with Gasteiger partial charge in [-0.25, -0.2) is 22.8 Å². The van der Waals surface area contributed by atoms with E-state index in [1.807, 2.05) is 16.8 Å². The Kier molecular flexibility index (Phi) is 8.13. The molecule has 2 saturated carbocycles. The van der Waals surface area contributed by atoms with Gasteiger partial charge in [0.2, 0.25) is 5.88 Å². The molecule has 4 aromatic rings. The fourth-order valence-corrected chi connectivity index (χ4v) is 7.09. The summed E-state index contributed by atoms with van der Waals surface area (Å²) in [5.74, 6) is -0.302. The van der Waals surface area contributed by atoms with Crippen molar-refractivity contribution in [3.63, 3.8) is 0 Å². The van der Waals surface area contributed by atoms with Gasteiger partial charge in [0.15, 0.2) is 5.65 Å². The second-order valence-electron chi connectivity index (χ2n) is 11.9. The lowest BCUT2D eigenvalue weighted by Crippen LogP contribution is -2.35. The van der Waals surface area contributed by atoms with E-state index in [0.717, 1.165) is 101 Å². The maximum atomic E-state index is 13.5. The molecule has 1 aromatic carbocycles. The Bertz CT molecular complexity index is 1720. The molecular formula is C32H37N5O6S. The number of carbonyl (C=O) groups excluding carboxylic acids is 1. The number of rotatable bonds is 9. The van der Waals surface area contributed by atoms with Crippen LogP contribution in [0, 0.1) is 0 Å². The number of hydrogen-bond acceptors (Lipinski definition) is 9. The van der Waals surface area contributed by atoms with E-state index in [2.05, 4.69) is 21.8 Å². The van der Waals surface area contributed by atoms with Crippen molar-refractivity contribution in [3.8, 4) is 17.0 Å². The molecule has 1 amide bonds. The van der Waals surface area contributed by atoms with Crippen LogP contribution < -0.4 is 9.46 Å². The molecule has 11 nitrogen and oxygen atoms in total. The molecule has 0 spiro atoms. The van der Waals surface area contributed by atoms with Gasteiger partial charge in [-0.1, -0.05) is 43.5 Å². The zero-order valence-electron chi connectivity index (χ0n) is 24.6. The smallest absolute Gasteiger partial charge is 0.283 e. The summed E-state index contributed by atoms with van der Waals surface area (Å²) < 4.78 is 46.8. The lowest BCUT2D eigenvalue weighted by Gasteiger charge is -2.26. The summed E-state index contributed by atoms with van der Waals surface area (Å²) in [7, 11) is -4.15. The topological polar surface area (TPSA) is 129 Å². The van der Waals surface area contributed by atoms with E-state index in [4.69, 9.17) is 24.0 Å². The fourth-order valence-electron chi connectivity index (χ4n) is 6.20. The van der Waals surface area contributed by atoms with Gasteiger partial charge >= 0.3 is 0 Å². The standard InChI is InChI=1S/C32H37N5O6S/c38-31(35-44(39,40)26-13-16-42-21-26)28-19-27(23-11-9-22(10-12-23)20-36-14-17-41-18-15-36)29-30(33-28)37(24-5-2-1-3-6-24)34-32(29)43-25-7-4-8-25/h9-13,16,19,21,24-25H,1-8,14-15,17-18,20H2,(H,35,38). The first-order valence-electron chi connectivity index (χ1n) is 15.5. The third-order valence-corrected chi connectivity index (χ3v) is 10.2. The number of nitrogens with zero attached hydrogens (tertiary/aromatic N) is 4. The normalized spacial score (nSPS) is 18.7. The fraction of sp³-hybridized carbons (Fsp3) is 0.469. The van der Waals surface area contributed by atoms with Crippen molar-refractivity contribution >= 4 is 27.0 Å². The van der Waals surface area contributed by atoms with E-state index in [0.29, 0.717) is 11.5 Å². The molecule has 7 rings (SSSR count). The molecule has 0 atom stereocenters. The van der Waals surface area contributed by atoms with Gasteiger partial charge in [-0.15, -0.1) is 5.10 Å². The van der Waals surface area contributed by atoms with E-state index in [1.54, 1.807) is 6.07 Å². The highest BCUT2D eigenvalue weighted by molar-refractivity contribution is 7.90. The van der Waals surface area contributed by atoms with Gasteiger partial charge in [-0.2, -0.15) is 0 Å². The Hall–Kier alpha value is -3.74. The van der Waals surface area contributed by atoms with Crippen molar-refractivity contribution in [3.05, 3.63) is 60.2 Å². The minimum atomic E-state index is -4.15. The third-order valence-electron chi connectivity index (χ3n) is 8.92. The molecule has 0 radical (unpaired) electrons. The minimum Gasteiger partial charge on any atom is -0.473 e. The summed E-state index contributed by atoms with van der Waals surface area (Å²) >= 11 is 0. The molecule has 12 heteroatoms. The summed E-state index contributed by atoms with van der Waals surface area (Å²) in [6.07, 6.45) is 10.8. The lowest BCUT2D eigenvalue weighted by atomic mass is 9.95. The van der Waals surface area contributed by atoms with Crippen molar-refractivity contribution in [2.24, 2.45) is 0 Å². The van der Waals surface area contributed by atoms with Gasteiger partial charge in [0.1, 0.15) is 23.0 Å². The predicted octanol–water partition coefficient (Wildman–Crippen LogP) is 5.08. The second kappa shape index (κ2) is 12.3. The maximum absolute atomic E-state index is 13.5. The number of ether oxygens (including phenoxy) is 2. The number of hydrogen-bond donors (Lipinski definition) is 1. The summed E-state index contributed by atoms with van der Waals surface area (Å²) in [6, 6.07) is 11.3. The molecule has 1 N–H and O–H groups in total. The lowest BCUT2D eigenvalue weighted by molar-refractivity contribution is 0.0342. The minimum absolute atomic E-state index is 0.0101. The molecule has 1 saturated heterocycles. The predicted molar refractivity (Wildman–Crippen MR) is 163 cm³/mol. The molecule has 232 valence electrons. The monoisotopic (exact) mass is 619 g/mol. The number of carbonyl (C=O) groups is 1. The number of aromatic nitrogens is 3. The highest BCUT2D eigenvalue weighted by Crippen LogP contribution is 2.40. The summed E-state index contributed by atoms with van der Waals surface area (Å²) in [4.78, 5) is 20.5. The van der Waals surface area contributed by atoms with Crippen LogP contribution in [-0.4, -0.2) is 66.4 Å². The second-order valence-corrected chi connectivity index (χ2v) is 13.6. The Morgan fingerprint density at radius 1 is 1.00 bits per heavy atom. The van der Waals surface area contributed by atoms with Crippen LogP contribution in [-0.2, 0) is 21.3 Å². The van der Waals surface area contributed by atoms with Crippen molar-refractivity contribution in [2.45, 2.75) is 75.0 Å². The van der Waals surface area contributed by atoms with E-state index in [1.165, 1.54) is 24.3 Å². The molecule has 2 aliphatic carbocycles. The zero-order chi connectivity index (χ0) is 30.1. The zero-order valence-corrected chi connectivity index (χ0v) is 25.4. The van der Waals surface area contributed by atoms with Crippen molar-refractivity contribution in [1.82, 2.24) is 24.4 Å². The van der Waals surface area contributed by atoms with Gasteiger partial charge < -0.3 is 13.9 Å². The van der Waals surface area contributed by atoms with Crippen molar-refractivity contribution < 1.29 is 27.1 Å². The third kappa shape index (κ3) is 5.98. The largest absolute Gasteiger partial charge is 0.473 e. The van der Waals surface area contributed by atoms with Crippen LogP contribution in [0.3, 0.4) is 0 Å². The van der Waals surface area contributed by atoms with Gasteiger partial charge in [-0.3, -0.25) is 9.69 Å². The van der Waals surface area contributed by atoms with Crippen LogP contribution in [0.2, 0.25) is 0 Å². The van der Waals surface area contributed by atoms with Gasteiger partial charge in [-0.05, 0) is 55.4 Å². The average molecular weight is 620 g/mol. The Labute approximate surface area is 256 Å². The van der Waals surface area contributed by atoms with E-state index < -0.39 is 15.9 Å². The number of amides is 1. The van der Waals surface area contributed by atoms with Gasteiger partial charge in [0, 0.05) is 25.2 Å². The SMILES string of the molecule is O=C(NS(=O)(=O)c1ccoc1)c1cc(-c2ccc(CN3CCOCC3)cc2)c2c(OC3CCC3)nn(C3CCCCC3)c2n1. The van der Waals surface area contributed by atoms with Gasteiger partial charge in [0.05, 0.1) is 30.9 Å². The van der Waals surface area contributed by atoms with Crippen LogP contribution in [0.25, 0.3) is 22.2 Å². The maximum Gasteiger partial charge on any atom is 0.283 e. The number of pyridine rings is 1. The molecule has 3 aromatic heterocycles.